The topological polar surface area (TPSA) is 59.6 Å². The Labute approximate surface area is 106 Å². The van der Waals surface area contributed by atoms with Gasteiger partial charge in [-0.15, -0.1) is 0 Å². The number of methoxy groups -OCH3 is 1. The molecule has 0 radical (unpaired) electrons. The molecule has 0 spiro atoms. The molecule has 0 bridgehead atoms. The fraction of sp³-hybridized carbons (Fsp3) is 0.462. The van der Waals surface area contributed by atoms with Gasteiger partial charge in [0.15, 0.2) is 0 Å². The van der Waals surface area contributed by atoms with E-state index >= 15 is 0 Å². The Balaban J connectivity index is 2.11. The van der Waals surface area contributed by atoms with E-state index in [9.17, 15) is 4.79 Å². The highest BCUT2D eigenvalue weighted by atomic mass is 16.5. The van der Waals surface area contributed by atoms with E-state index in [2.05, 4.69) is 10.9 Å². The van der Waals surface area contributed by atoms with Gasteiger partial charge in [0, 0.05) is 5.56 Å². The van der Waals surface area contributed by atoms with Crippen molar-refractivity contribution in [2.75, 3.05) is 13.7 Å². The molecule has 1 fully saturated rings. The van der Waals surface area contributed by atoms with Crippen molar-refractivity contribution in [3.05, 3.63) is 29.8 Å². The predicted molar refractivity (Wildman–Crippen MR) is 67.0 cm³/mol. The van der Waals surface area contributed by atoms with Crippen molar-refractivity contribution in [1.82, 2.24) is 10.9 Å². The minimum absolute atomic E-state index is 0.0526. The highest BCUT2D eigenvalue weighted by Gasteiger charge is 2.32. The summed E-state index contributed by atoms with van der Waals surface area (Å²) >= 11 is 0. The number of hydrazine groups is 1. The first-order valence-electron chi connectivity index (χ1n) is 6.06. The van der Waals surface area contributed by atoms with Crippen molar-refractivity contribution >= 4 is 5.97 Å². The van der Waals surface area contributed by atoms with Crippen molar-refractivity contribution < 1.29 is 14.3 Å². The van der Waals surface area contributed by atoms with E-state index in [0.29, 0.717) is 13.0 Å². The van der Waals surface area contributed by atoms with Gasteiger partial charge in [0.25, 0.3) is 0 Å². The summed E-state index contributed by atoms with van der Waals surface area (Å²) in [4.78, 5) is 11.4. The molecule has 0 amide bonds. The molecular formula is C13H18N2O3. The van der Waals surface area contributed by atoms with E-state index in [1.807, 2.05) is 31.2 Å². The molecule has 5 nitrogen and oxygen atoms in total. The van der Waals surface area contributed by atoms with Crippen molar-refractivity contribution in [2.45, 2.75) is 25.4 Å². The second-order valence-electron chi connectivity index (χ2n) is 4.12. The molecule has 1 aromatic rings. The maximum atomic E-state index is 11.4. The van der Waals surface area contributed by atoms with E-state index in [1.54, 1.807) is 0 Å². The van der Waals surface area contributed by atoms with Crippen LogP contribution in [-0.2, 0) is 9.53 Å². The molecule has 18 heavy (non-hydrogen) atoms. The van der Waals surface area contributed by atoms with Crippen LogP contribution in [0, 0.1) is 0 Å². The minimum atomic E-state index is -0.310. The summed E-state index contributed by atoms with van der Waals surface area (Å²) in [5.74, 6) is 0.601. The Morgan fingerprint density at radius 2 is 2.17 bits per heavy atom. The lowest BCUT2D eigenvalue weighted by Gasteiger charge is -2.14. The first-order valence-corrected chi connectivity index (χ1v) is 6.06. The van der Waals surface area contributed by atoms with Gasteiger partial charge in [-0.25, -0.2) is 10.9 Å². The van der Waals surface area contributed by atoms with Crippen LogP contribution in [0.3, 0.4) is 0 Å². The van der Waals surface area contributed by atoms with Crippen molar-refractivity contribution in [3.63, 3.8) is 0 Å². The molecule has 0 aliphatic carbocycles. The van der Waals surface area contributed by atoms with Gasteiger partial charge < -0.3 is 9.47 Å². The number of carbonyl (C=O) groups excluding carboxylic acids is 1. The first kappa shape index (κ1) is 12.9. The molecule has 1 aromatic carbocycles. The molecule has 98 valence electrons. The SMILES string of the molecule is CCOc1ccccc1C1CC(C(=O)OC)NN1. The van der Waals surface area contributed by atoms with Crippen LogP contribution in [0.25, 0.3) is 0 Å². The standard InChI is InChI=1S/C13H18N2O3/c1-3-18-12-7-5-4-6-9(12)10-8-11(15-14-10)13(16)17-2/h4-7,10-11,14-15H,3,8H2,1-2H3. The molecule has 0 saturated carbocycles. The largest absolute Gasteiger partial charge is 0.494 e. The van der Waals surface area contributed by atoms with Gasteiger partial charge in [-0.05, 0) is 19.4 Å². The van der Waals surface area contributed by atoms with Crippen molar-refractivity contribution in [2.24, 2.45) is 0 Å². The first-order chi connectivity index (χ1) is 8.76. The summed E-state index contributed by atoms with van der Waals surface area (Å²) in [6.45, 7) is 2.58. The molecule has 1 heterocycles. The Morgan fingerprint density at radius 3 is 2.89 bits per heavy atom. The number of hydrogen-bond acceptors (Lipinski definition) is 5. The van der Waals surface area contributed by atoms with E-state index < -0.39 is 0 Å². The number of para-hydroxylation sites is 1. The lowest BCUT2D eigenvalue weighted by molar-refractivity contribution is -0.142. The summed E-state index contributed by atoms with van der Waals surface area (Å²) in [7, 11) is 1.39. The number of carbonyl (C=O) groups is 1. The molecule has 5 heteroatoms. The fourth-order valence-electron chi connectivity index (χ4n) is 2.11. The third-order valence-electron chi connectivity index (χ3n) is 2.98. The number of rotatable bonds is 4. The van der Waals surface area contributed by atoms with Crippen LogP contribution < -0.4 is 15.6 Å². The number of benzene rings is 1. The van der Waals surface area contributed by atoms with Crippen molar-refractivity contribution in [1.29, 1.82) is 0 Å². The third-order valence-corrected chi connectivity index (χ3v) is 2.98. The van der Waals surface area contributed by atoms with Crippen LogP contribution >= 0.6 is 0 Å². The van der Waals surface area contributed by atoms with Gasteiger partial charge in [-0.2, -0.15) is 0 Å². The monoisotopic (exact) mass is 250 g/mol. The van der Waals surface area contributed by atoms with Gasteiger partial charge in [0.1, 0.15) is 11.8 Å². The summed E-state index contributed by atoms with van der Waals surface area (Å²) in [5, 5.41) is 0. The van der Waals surface area contributed by atoms with Gasteiger partial charge in [0.2, 0.25) is 0 Å². The Morgan fingerprint density at radius 1 is 1.39 bits per heavy atom. The summed E-state index contributed by atoms with van der Waals surface area (Å²) in [6.07, 6.45) is 0.650. The van der Waals surface area contributed by atoms with Crippen LogP contribution in [0.15, 0.2) is 24.3 Å². The molecule has 2 rings (SSSR count). The van der Waals surface area contributed by atoms with Crippen LogP contribution in [0.5, 0.6) is 5.75 Å². The molecule has 1 saturated heterocycles. The zero-order chi connectivity index (χ0) is 13.0. The number of esters is 1. The smallest absolute Gasteiger partial charge is 0.324 e. The number of nitrogens with one attached hydrogen (secondary N) is 2. The predicted octanol–water partition coefficient (Wildman–Crippen LogP) is 1.17. The molecule has 2 atom stereocenters. The number of ether oxygens (including phenoxy) is 2. The summed E-state index contributed by atoms with van der Waals surface area (Å²) in [6, 6.07) is 7.59. The quantitative estimate of drug-likeness (QED) is 0.785. The van der Waals surface area contributed by atoms with Crippen molar-refractivity contribution in [3.8, 4) is 5.75 Å². The third kappa shape index (κ3) is 2.63. The highest BCUT2D eigenvalue weighted by molar-refractivity contribution is 5.76. The maximum absolute atomic E-state index is 11.4. The molecule has 0 aromatic heterocycles. The van der Waals surface area contributed by atoms with E-state index in [1.165, 1.54) is 7.11 Å². The van der Waals surface area contributed by atoms with Crippen LogP contribution in [0.4, 0.5) is 0 Å². The lowest BCUT2D eigenvalue weighted by atomic mass is 10.0. The molecule has 1 aliphatic heterocycles. The fourth-order valence-corrected chi connectivity index (χ4v) is 2.11. The second kappa shape index (κ2) is 5.84. The normalized spacial score (nSPS) is 22.8. The van der Waals surface area contributed by atoms with Gasteiger partial charge in [-0.1, -0.05) is 18.2 Å². The minimum Gasteiger partial charge on any atom is -0.494 e. The van der Waals surface area contributed by atoms with Crippen LogP contribution in [0.2, 0.25) is 0 Å². The van der Waals surface area contributed by atoms with Crippen LogP contribution in [0.1, 0.15) is 24.9 Å². The molecular weight excluding hydrogens is 232 g/mol. The lowest BCUT2D eigenvalue weighted by Crippen LogP contribution is -2.36. The zero-order valence-corrected chi connectivity index (χ0v) is 10.6. The van der Waals surface area contributed by atoms with Crippen LogP contribution in [-0.4, -0.2) is 25.7 Å². The zero-order valence-electron chi connectivity index (χ0n) is 10.6. The average molecular weight is 250 g/mol. The molecule has 1 aliphatic rings. The average Bonchev–Trinajstić information content (AvgIpc) is 2.88. The Kier molecular flexibility index (Phi) is 4.17. The number of hydrogen-bond donors (Lipinski definition) is 2. The van der Waals surface area contributed by atoms with E-state index in [4.69, 9.17) is 9.47 Å². The van der Waals surface area contributed by atoms with E-state index in [0.717, 1.165) is 11.3 Å². The second-order valence-corrected chi connectivity index (χ2v) is 4.12. The highest BCUT2D eigenvalue weighted by Crippen LogP contribution is 2.30. The Bertz CT molecular complexity index is 422. The molecule has 2 unspecified atom stereocenters. The maximum Gasteiger partial charge on any atom is 0.324 e. The molecule has 2 N–H and O–H groups in total. The van der Waals surface area contributed by atoms with Gasteiger partial charge in [-0.3, -0.25) is 4.79 Å². The van der Waals surface area contributed by atoms with E-state index in [-0.39, 0.29) is 18.1 Å². The van der Waals surface area contributed by atoms with Gasteiger partial charge >= 0.3 is 5.97 Å². The summed E-state index contributed by atoms with van der Waals surface area (Å²) < 4.78 is 10.3. The van der Waals surface area contributed by atoms with Gasteiger partial charge in [0.05, 0.1) is 19.8 Å². The summed E-state index contributed by atoms with van der Waals surface area (Å²) in [5.41, 5.74) is 7.11. The Hall–Kier alpha value is -1.59.